The Kier molecular flexibility index (Phi) is 6.83. The number of benzene rings is 1. The largest absolute Gasteiger partial charge is 0.355 e. The van der Waals surface area contributed by atoms with Crippen molar-refractivity contribution < 1.29 is 9.59 Å². The summed E-state index contributed by atoms with van der Waals surface area (Å²) in [6.07, 6.45) is 4.87. The van der Waals surface area contributed by atoms with Gasteiger partial charge in [0.2, 0.25) is 11.8 Å². The Balaban J connectivity index is 1.78. The van der Waals surface area contributed by atoms with Gasteiger partial charge in [0.1, 0.15) is 6.42 Å². The van der Waals surface area contributed by atoms with Crippen molar-refractivity contribution in [1.29, 1.82) is 5.26 Å². The summed E-state index contributed by atoms with van der Waals surface area (Å²) in [6.45, 7) is 1.91. The number of hydrogen-bond donors (Lipinski definition) is 1. The van der Waals surface area contributed by atoms with Crippen molar-refractivity contribution in [2.75, 3.05) is 19.6 Å². The minimum atomic E-state index is -0.237. The van der Waals surface area contributed by atoms with E-state index in [9.17, 15) is 9.59 Å². The van der Waals surface area contributed by atoms with Gasteiger partial charge in [-0.2, -0.15) is 5.26 Å². The Labute approximate surface area is 146 Å². The van der Waals surface area contributed by atoms with Gasteiger partial charge in [-0.3, -0.25) is 9.59 Å². The first-order valence-corrected chi connectivity index (χ1v) is 8.33. The molecule has 1 aliphatic heterocycles. The molecule has 0 spiro atoms. The van der Waals surface area contributed by atoms with Crippen LogP contribution in [0.25, 0.3) is 6.08 Å². The van der Waals surface area contributed by atoms with Crippen molar-refractivity contribution in [3.8, 4) is 6.07 Å². The number of rotatable bonds is 5. The third-order valence-electron chi connectivity index (χ3n) is 4.06. The van der Waals surface area contributed by atoms with Gasteiger partial charge in [-0.25, -0.2) is 0 Å². The molecule has 0 radical (unpaired) electrons. The van der Waals surface area contributed by atoms with Crippen molar-refractivity contribution in [2.24, 2.45) is 5.92 Å². The lowest BCUT2D eigenvalue weighted by molar-refractivity contribution is -0.127. The number of amides is 2. The quantitative estimate of drug-likeness (QED) is 0.834. The lowest BCUT2D eigenvalue weighted by Gasteiger charge is -2.31. The highest BCUT2D eigenvalue weighted by atomic mass is 35.5. The van der Waals surface area contributed by atoms with Crippen LogP contribution in [0.3, 0.4) is 0 Å². The summed E-state index contributed by atoms with van der Waals surface area (Å²) in [4.78, 5) is 25.3. The number of likely N-dealkylation sites (tertiary alicyclic amines) is 1. The van der Waals surface area contributed by atoms with Crippen LogP contribution in [0.15, 0.2) is 30.3 Å². The van der Waals surface area contributed by atoms with Gasteiger partial charge in [0.05, 0.1) is 6.07 Å². The molecule has 1 fully saturated rings. The van der Waals surface area contributed by atoms with E-state index in [-0.39, 0.29) is 18.2 Å². The van der Waals surface area contributed by atoms with Crippen LogP contribution in [0.4, 0.5) is 0 Å². The molecule has 5 nitrogen and oxygen atoms in total. The minimum absolute atomic E-state index is 0.0260. The standard InChI is InChI=1S/C18H20ClN3O2/c19-16-4-2-1-3-15(16)5-6-18(24)22-11-8-14(9-12-22)13-21-17(23)7-10-20/h1-6,14H,7-9,11-13H2,(H,21,23)/b6-5+. The van der Waals surface area contributed by atoms with Crippen LogP contribution in [0.1, 0.15) is 24.8 Å². The monoisotopic (exact) mass is 345 g/mol. The highest BCUT2D eigenvalue weighted by Gasteiger charge is 2.21. The van der Waals surface area contributed by atoms with E-state index in [1.54, 1.807) is 23.1 Å². The second-order valence-electron chi connectivity index (χ2n) is 5.76. The Morgan fingerprint density at radius 2 is 2.04 bits per heavy atom. The normalized spacial score (nSPS) is 15.2. The molecule has 0 unspecified atom stereocenters. The fourth-order valence-corrected chi connectivity index (χ4v) is 2.83. The van der Waals surface area contributed by atoms with Crippen LogP contribution >= 0.6 is 11.6 Å². The Morgan fingerprint density at radius 3 is 2.71 bits per heavy atom. The van der Waals surface area contributed by atoms with Crippen molar-refractivity contribution in [1.82, 2.24) is 10.2 Å². The highest BCUT2D eigenvalue weighted by molar-refractivity contribution is 6.32. The van der Waals surface area contributed by atoms with Gasteiger partial charge < -0.3 is 10.2 Å². The first-order valence-electron chi connectivity index (χ1n) is 7.95. The first-order chi connectivity index (χ1) is 11.6. The van der Waals surface area contributed by atoms with Crippen LogP contribution in [0.2, 0.25) is 5.02 Å². The Bertz CT molecular complexity index is 658. The molecule has 1 heterocycles. The maximum atomic E-state index is 12.2. The van der Waals surface area contributed by atoms with Crippen molar-refractivity contribution in [3.05, 3.63) is 40.9 Å². The highest BCUT2D eigenvalue weighted by Crippen LogP contribution is 2.19. The second-order valence-corrected chi connectivity index (χ2v) is 6.17. The molecular weight excluding hydrogens is 326 g/mol. The number of nitrogens with one attached hydrogen (secondary N) is 1. The molecule has 6 heteroatoms. The van der Waals surface area contributed by atoms with Gasteiger partial charge in [0.25, 0.3) is 0 Å². The van der Waals surface area contributed by atoms with Gasteiger partial charge in [-0.05, 0) is 36.5 Å². The van der Waals surface area contributed by atoms with E-state index >= 15 is 0 Å². The lowest BCUT2D eigenvalue weighted by atomic mass is 9.96. The van der Waals surface area contributed by atoms with Crippen molar-refractivity contribution in [2.45, 2.75) is 19.3 Å². The molecular formula is C18H20ClN3O2. The van der Waals surface area contributed by atoms with E-state index in [1.807, 2.05) is 24.3 Å². The van der Waals surface area contributed by atoms with Crippen LogP contribution in [-0.4, -0.2) is 36.3 Å². The molecule has 0 aliphatic carbocycles. The molecule has 24 heavy (non-hydrogen) atoms. The van der Waals surface area contributed by atoms with Gasteiger partial charge in [-0.1, -0.05) is 29.8 Å². The van der Waals surface area contributed by atoms with E-state index < -0.39 is 0 Å². The third-order valence-corrected chi connectivity index (χ3v) is 4.41. The second kappa shape index (κ2) is 9.09. The number of halogens is 1. The number of piperidine rings is 1. The Morgan fingerprint density at radius 1 is 1.33 bits per heavy atom. The molecule has 1 aliphatic rings. The topological polar surface area (TPSA) is 73.2 Å². The van der Waals surface area contributed by atoms with E-state index in [0.29, 0.717) is 30.6 Å². The summed E-state index contributed by atoms with van der Waals surface area (Å²) < 4.78 is 0. The maximum Gasteiger partial charge on any atom is 0.246 e. The summed E-state index contributed by atoms with van der Waals surface area (Å²) in [5.41, 5.74) is 0.822. The molecule has 0 aromatic heterocycles. The molecule has 0 bridgehead atoms. The fourth-order valence-electron chi connectivity index (χ4n) is 2.63. The summed E-state index contributed by atoms with van der Waals surface area (Å²) >= 11 is 6.06. The molecule has 0 saturated carbocycles. The number of hydrogen-bond acceptors (Lipinski definition) is 3. The molecule has 1 aromatic carbocycles. The van der Waals surface area contributed by atoms with Gasteiger partial charge >= 0.3 is 0 Å². The van der Waals surface area contributed by atoms with E-state index in [0.717, 1.165) is 18.4 Å². The molecule has 0 atom stereocenters. The maximum absolute atomic E-state index is 12.2. The average molecular weight is 346 g/mol. The predicted molar refractivity (Wildman–Crippen MR) is 93.0 cm³/mol. The van der Waals surface area contributed by atoms with Gasteiger partial charge in [0, 0.05) is 30.7 Å². The molecule has 1 N–H and O–H groups in total. The zero-order chi connectivity index (χ0) is 17.4. The SMILES string of the molecule is N#CCC(=O)NCC1CCN(C(=O)/C=C/c2ccccc2Cl)CC1. The first kappa shape index (κ1) is 18.0. The number of carbonyl (C=O) groups excluding carboxylic acids is 2. The number of nitriles is 1. The van der Waals surface area contributed by atoms with Crippen LogP contribution in [0.5, 0.6) is 0 Å². The van der Waals surface area contributed by atoms with Gasteiger partial charge in [0.15, 0.2) is 0 Å². The summed E-state index contributed by atoms with van der Waals surface area (Å²) in [5.74, 6) is 0.0878. The van der Waals surface area contributed by atoms with Crippen LogP contribution < -0.4 is 5.32 Å². The minimum Gasteiger partial charge on any atom is -0.355 e. The van der Waals surface area contributed by atoms with Crippen LogP contribution in [0, 0.1) is 17.2 Å². The average Bonchev–Trinajstić information content (AvgIpc) is 2.60. The number of nitrogens with zero attached hydrogens (tertiary/aromatic N) is 2. The van der Waals surface area contributed by atoms with Crippen molar-refractivity contribution >= 4 is 29.5 Å². The molecule has 2 rings (SSSR count). The molecule has 1 aromatic rings. The van der Waals surface area contributed by atoms with E-state index in [4.69, 9.17) is 16.9 Å². The zero-order valence-corrected chi connectivity index (χ0v) is 14.1. The van der Waals surface area contributed by atoms with Crippen molar-refractivity contribution in [3.63, 3.8) is 0 Å². The lowest BCUT2D eigenvalue weighted by Crippen LogP contribution is -2.40. The fraction of sp³-hybridized carbons (Fsp3) is 0.389. The smallest absolute Gasteiger partial charge is 0.246 e. The van der Waals surface area contributed by atoms with E-state index in [2.05, 4.69) is 5.32 Å². The number of carbonyl (C=O) groups is 2. The molecule has 2 amide bonds. The van der Waals surface area contributed by atoms with Crippen LogP contribution in [-0.2, 0) is 9.59 Å². The van der Waals surface area contributed by atoms with Gasteiger partial charge in [-0.15, -0.1) is 0 Å². The molecule has 1 saturated heterocycles. The van der Waals surface area contributed by atoms with E-state index in [1.165, 1.54) is 0 Å². The zero-order valence-electron chi connectivity index (χ0n) is 13.4. The molecule has 126 valence electrons. The third kappa shape index (κ3) is 5.39. The Hall–Kier alpha value is -2.32. The summed E-state index contributed by atoms with van der Waals surface area (Å²) in [7, 11) is 0. The predicted octanol–water partition coefficient (Wildman–Crippen LogP) is 2.62. The summed E-state index contributed by atoms with van der Waals surface area (Å²) in [6, 6.07) is 9.21. The summed E-state index contributed by atoms with van der Waals surface area (Å²) in [5, 5.41) is 11.8.